The van der Waals surface area contributed by atoms with Crippen molar-refractivity contribution >= 4 is 36.2 Å². The van der Waals surface area contributed by atoms with E-state index >= 15 is 0 Å². The van der Waals surface area contributed by atoms with Crippen molar-refractivity contribution in [2.75, 3.05) is 5.88 Å². The third-order valence-corrected chi connectivity index (χ3v) is 2.03. The molecule has 0 spiro atoms. The predicted octanol–water partition coefficient (Wildman–Crippen LogP) is 0.309. The predicted molar refractivity (Wildman–Crippen MR) is 42.3 cm³/mol. The zero-order valence-corrected chi connectivity index (χ0v) is 7.05. The van der Waals surface area contributed by atoms with Gasteiger partial charge in [-0.3, -0.25) is 9.59 Å². The van der Waals surface area contributed by atoms with Crippen LogP contribution >= 0.6 is 24.2 Å². The van der Waals surface area contributed by atoms with Gasteiger partial charge in [0, 0.05) is 5.88 Å². The van der Waals surface area contributed by atoms with Crippen LogP contribution in [0.15, 0.2) is 0 Å². The van der Waals surface area contributed by atoms with E-state index in [4.69, 9.17) is 21.8 Å². The summed E-state index contributed by atoms with van der Waals surface area (Å²) in [6.07, 6.45) is 0. The second-order valence-corrected chi connectivity index (χ2v) is 2.75. The van der Waals surface area contributed by atoms with Gasteiger partial charge in [-0.05, 0) is 0 Å². The molecule has 0 aliphatic rings. The average molecular weight is 199 g/mol. The van der Waals surface area contributed by atoms with Crippen LogP contribution in [0.25, 0.3) is 0 Å². The lowest BCUT2D eigenvalue weighted by atomic mass is 10.1. The molecule has 0 rings (SSSR count). The van der Waals surface area contributed by atoms with E-state index in [1.165, 1.54) is 0 Å². The Morgan fingerprint density at radius 1 is 1.36 bits per heavy atom. The summed E-state index contributed by atoms with van der Waals surface area (Å²) >= 11 is 8.78. The normalized spacial score (nSPS) is 15.5. The van der Waals surface area contributed by atoms with E-state index in [0.29, 0.717) is 0 Å². The fourth-order valence-corrected chi connectivity index (χ4v) is 1.12. The molecule has 2 atom stereocenters. The summed E-state index contributed by atoms with van der Waals surface area (Å²) in [4.78, 5) is 20.5. The largest absolute Gasteiger partial charge is 0.481 e. The van der Waals surface area contributed by atoms with Crippen LogP contribution in [0.5, 0.6) is 0 Å². The van der Waals surface area contributed by atoms with E-state index in [2.05, 4.69) is 12.6 Å². The number of thiol groups is 1. The van der Waals surface area contributed by atoms with E-state index < -0.39 is 23.1 Å². The summed E-state index contributed by atoms with van der Waals surface area (Å²) in [6, 6.07) is 0. The van der Waals surface area contributed by atoms with E-state index in [9.17, 15) is 9.59 Å². The van der Waals surface area contributed by atoms with Crippen LogP contribution in [0, 0.1) is 5.92 Å². The highest BCUT2D eigenvalue weighted by molar-refractivity contribution is 7.81. The molecule has 2 N–H and O–H groups in total. The summed E-state index contributed by atoms with van der Waals surface area (Å²) < 4.78 is 0. The summed E-state index contributed by atoms with van der Waals surface area (Å²) in [7, 11) is 0. The quantitative estimate of drug-likeness (QED) is 0.449. The average Bonchev–Trinajstić information content (AvgIpc) is 1.88. The minimum atomic E-state index is -1.28. The zero-order chi connectivity index (χ0) is 9.02. The Kier molecular flexibility index (Phi) is 4.29. The number of carboxylic acids is 2. The van der Waals surface area contributed by atoms with Crippen LogP contribution in [0.4, 0.5) is 0 Å². The standard InChI is InChI=1S/C5H7ClO4S/c6-1-2(4(7)8)3(11)5(9)10/h2-3,11H,1H2,(H,7,8)(H,9,10). The maximum Gasteiger partial charge on any atom is 0.317 e. The molecule has 0 fully saturated rings. The summed E-state index contributed by atoms with van der Waals surface area (Å²) in [6.45, 7) is 0. The van der Waals surface area contributed by atoms with Crippen molar-refractivity contribution in [2.24, 2.45) is 5.92 Å². The number of hydrogen-bond donors (Lipinski definition) is 3. The monoisotopic (exact) mass is 198 g/mol. The third-order valence-electron chi connectivity index (χ3n) is 1.12. The van der Waals surface area contributed by atoms with Gasteiger partial charge in [0.05, 0.1) is 5.92 Å². The molecule has 0 amide bonds. The zero-order valence-electron chi connectivity index (χ0n) is 5.40. The first-order valence-electron chi connectivity index (χ1n) is 2.70. The molecule has 0 aromatic carbocycles. The van der Waals surface area contributed by atoms with Crippen LogP contribution in [-0.2, 0) is 9.59 Å². The van der Waals surface area contributed by atoms with Crippen LogP contribution in [0.3, 0.4) is 0 Å². The van der Waals surface area contributed by atoms with Crippen molar-refractivity contribution in [1.82, 2.24) is 0 Å². The van der Waals surface area contributed by atoms with Gasteiger partial charge in [-0.25, -0.2) is 0 Å². The van der Waals surface area contributed by atoms with E-state index in [-0.39, 0.29) is 5.88 Å². The molecule has 0 aromatic heterocycles. The van der Waals surface area contributed by atoms with Crippen molar-refractivity contribution in [3.63, 3.8) is 0 Å². The molecule has 2 unspecified atom stereocenters. The second kappa shape index (κ2) is 4.46. The summed E-state index contributed by atoms with van der Waals surface area (Å²) in [5.74, 6) is -3.92. The van der Waals surface area contributed by atoms with E-state index in [0.717, 1.165) is 0 Å². The maximum atomic E-state index is 10.3. The number of halogens is 1. The third kappa shape index (κ3) is 2.98. The molecule has 64 valence electrons. The van der Waals surface area contributed by atoms with Gasteiger partial charge in [0.25, 0.3) is 0 Å². The molecule has 0 aliphatic heterocycles. The van der Waals surface area contributed by atoms with Gasteiger partial charge < -0.3 is 10.2 Å². The molecule has 0 radical (unpaired) electrons. The number of alkyl halides is 1. The van der Waals surface area contributed by atoms with Crippen molar-refractivity contribution in [3.8, 4) is 0 Å². The minimum Gasteiger partial charge on any atom is -0.481 e. The van der Waals surface area contributed by atoms with Crippen molar-refractivity contribution < 1.29 is 19.8 Å². The number of carbonyl (C=O) groups is 2. The number of hydrogen-bond acceptors (Lipinski definition) is 3. The highest BCUT2D eigenvalue weighted by Gasteiger charge is 2.29. The topological polar surface area (TPSA) is 74.6 Å². The van der Waals surface area contributed by atoms with Gasteiger partial charge in [0.2, 0.25) is 0 Å². The Labute approximate surface area is 73.6 Å². The summed E-state index contributed by atoms with van der Waals surface area (Å²) in [5, 5.41) is 15.5. The summed E-state index contributed by atoms with van der Waals surface area (Å²) in [5.41, 5.74) is 0. The van der Waals surface area contributed by atoms with Crippen LogP contribution in [-0.4, -0.2) is 33.3 Å². The molecular weight excluding hydrogens is 192 g/mol. The van der Waals surface area contributed by atoms with Crippen molar-refractivity contribution in [2.45, 2.75) is 5.25 Å². The minimum absolute atomic E-state index is 0.254. The Hall–Kier alpha value is -0.420. The Morgan fingerprint density at radius 2 is 1.82 bits per heavy atom. The fraction of sp³-hybridized carbons (Fsp3) is 0.600. The highest BCUT2D eigenvalue weighted by atomic mass is 35.5. The van der Waals surface area contributed by atoms with Gasteiger partial charge >= 0.3 is 11.9 Å². The SMILES string of the molecule is O=C(O)C(S)C(CCl)C(=O)O. The number of rotatable bonds is 4. The Morgan fingerprint density at radius 3 is 1.91 bits per heavy atom. The van der Waals surface area contributed by atoms with Crippen LogP contribution in [0.2, 0.25) is 0 Å². The van der Waals surface area contributed by atoms with Gasteiger partial charge in [0.15, 0.2) is 0 Å². The molecule has 0 saturated carbocycles. The number of aliphatic carboxylic acids is 2. The molecule has 0 bridgehead atoms. The molecule has 0 heterocycles. The van der Waals surface area contributed by atoms with Crippen LogP contribution < -0.4 is 0 Å². The molecule has 0 saturated heterocycles. The first-order valence-corrected chi connectivity index (χ1v) is 3.75. The lowest BCUT2D eigenvalue weighted by Gasteiger charge is -2.11. The molecular formula is C5H7ClO4S. The van der Waals surface area contributed by atoms with Crippen LogP contribution in [0.1, 0.15) is 0 Å². The van der Waals surface area contributed by atoms with E-state index in [1.807, 2.05) is 0 Å². The van der Waals surface area contributed by atoms with E-state index in [1.54, 1.807) is 0 Å². The second-order valence-electron chi connectivity index (χ2n) is 1.88. The maximum absolute atomic E-state index is 10.3. The van der Waals surface area contributed by atoms with Gasteiger partial charge in [-0.15, -0.1) is 11.6 Å². The van der Waals surface area contributed by atoms with Gasteiger partial charge in [-0.1, -0.05) is 0 Å². The molecule has 6 heteroatoms. The first-order chi connectivity index (χ1) is 5.00. The van der Waals surface area contributed by atoms with Gasteiger partial charge in [0.1, 0.15) is 5.25 Å². The molecule has 4 nitrogen and oxygen atoms in total. The number of carboxylic acid groups (broad SMARTS) is 2. The fourth-order valence-electron chi connectivity index (χ4n) is 0.458. The smallest absolute Gasteiger partial charge is 0.317 e. The Bertz CT molecular complexity index is 172. The molecule has 0 aliphatic carbocycles. The van der Waals surface area contributed by atoms with Crippen molar-refractivity contribution in [1.29, 1.82) is 0 Å². The van der Waals surface area contributed by atoms with Gasteiger partial charge in [-0.2, -0.15) is 12.6 Å². The highest BCUT2D eigenvalue weighted by Crippen LogP contribution is 2.12. The lowest BCUT2D eigenvalue weighted by molar-refractivity contribution is -0.146. The Balaban J connectivity index is 4.25. The first kappa shape index (κ1) is 10.6. The van der Waals surface area contributed by atoms with Crippen molar-refractivity contribution in [3.05, 3.63) is 0 Å². The lowest BCUT2D eigenvalue weighted by Crippen LogP contribution is -2.31. The molecule has 0 aromatic rings. The molecule has 11 heavy (non-hydrogen) atoms.